The van der Waals surface area contributed by atoms with Gasteiger partial charge in [-0.3, -0.25) is 4.79 Å². The van der Waals surface area contributed by atoms with Crippen LogP contribution in [0.25, 0.3) is 0 Å². The van der Waals surface area contributed by atoms with Crippen LogP contribution in [-0.2, 0) is 26.0 Å². The summed E-state index contributed by atoms with van der Waals surface area (Å²) in [5, 5.41) is 2.78. The lowest BCUT2D eigenvalue weighted by Gasteiger charge is -2.09. The van der Waals surface area contributed by atoms with Crippen LogP contribution in [-0.4, -0.2) is 41.2 Å². The van der Waals surface area contributed by atoms with Gasteiger partial charge in [0.15, 0.2) is 0 Å². The maximum atomic E-state index is 12.3. The quantitative estimate of drug-likeness (QED) is 0.515. The summed E-state index contributed by atoms with van der Waals surface area (Å²) in [4.78, 5) is 12.3. The number of rotatable bonds is 12. The SMILES string of the molecule is CCOCCCNS(=O)(=O)c1ccc(NC(=O)CCc2ccc(OC)cc2)cc1. The standard InChI is InChI=1S/C21H28N2O5S/c1-3-28-16-4-15-22-29(25,26)20-12-8-18(9-13-20)23-21(24)14-7-17-5-10-19(27-2)11-6-17/h5-6,8-13,22H,3-4,7,14-16H2,1-2H3,(H,23,24). The average molecular weight is 421 g/mol. The van der Waals surface area contributed by atoms with Crippen LogP contribution in [0.1, 0.15) is 25.3 Å². The van der Waals surface area contributed by atoms with Gasteiger partial charge in [0, 0.05) is 31.9 Å². The van der Waals surface area contributed by atoms with Crippen molar-refractivity contribution < 1.29 is 22.7 Å². The number of hydrogen-bond donors (Lipinski definition) is 2. The summed E-state index contributed by atoms with van der Waals surface area (Å²) in [5.74, 6) is 0.641. The summed E-state index contributed by atoms with van der Waals surface area (Å²) in [6.07, 6.45) is 1.54. The minimum absolute atomic E-state index is 0.134. The Bertz CT molecular complexity index is 865. The van der Waals surface area contributed by atoms with Crippen molar-refractivity contribution in [3.05, 3.63) is 54.1 Å². The van der Waals surface area contributed by atoms with Gasteiger partial charge in [-0.05, 0) is 61.7 Å². The maximum Gasteiger partial charge on any atom is 0.240 e. The summed E-state index contributed by atoms with van der Waals surface area (Å²) in [7, 11) is -1.96. The van der Waals surface area contributed by atoms with Crippen LogP contribution in [0.2, 0.25) is 0 Å². The molecular weight excluding hydrogens is 392 g/mol. The Hall–Kier alpha value is -2.42. The van der Waals surface area contributed by atoms with Gasteiger partial charge in [0.2, 0.25) is 15.9 Å². The molecule has 7 nitrogen and oxygen atoms in total. The number of methoxy groups -OCH3 is 1. The molecule has 0 spiro atoms. The number of aryl methyl sites for hydroxylation is 1. The van der Waals surface area contributed by atoms with Crippen molar-refractivity contribution >= 4 is 21.6 Å². The molecule has 0 saturated heterocycles. The predicted molar refractivity (Wildman–Crippen MR) is 113 cm³/mol. The van der Waals surface area contributed by atoms with Crippen LogP contribution < -0.4 is 14.8 Å². The van der Waals surface area contributed by atoms with E-state index < -0.39 is 10.0 Å². The van der Waals surface area contributed by atoms with E-state index in [2.05, 4.69) is 10.0 Å². The van der Waals surface area contributed by atoms with Gasteiger partial charge >= 0.3 is 0 Å². The zero-order valence-corrected chi connectivity index (χ0v) is 17.6. The Morgan fingerprint density at radius 3 is 2.34 bits per heavy atom. The number of carbonyl (C=O) groups excluding carboxylic acids is 1. The summed E-state index contributed by atoms with van der Waals surface area (Å²) in [6, 6.07) is 13.7. The largest absolute Gasteiger partial charge is 0.497 e. The Labute approximate surface area is 172 Å². The first kappa shape index (κ1) is 22.9. The molecule has 2 aromatic carbocycles. The van der Waals surface area contributed by atoms with E-state index >= 15 is 0 Å². The van der Waals surface area contributed by atoms with E-state index in [-0.39, 0.29) is 10.8 Å². The molecule has 158 valence electrons. The molecular formula is C21H28N2O5S. The summed E-state index contributed by atoms with van der Waals surface area (Å²) < 4.78 is 37.3. The average Bonchev–Trinajstić information content (AvgIpc) is 2.73. The predicted octanol–water partition coefficient (Wildman–Crippen LogP) is 2.97. The van der Waals surface area contributed by atoms with E-state index in [1.165, 1.54) is 12.1 Å². The Morgan fingerprint density at radius 1 is 1.03 bits per heavy atom. The molecule has 1 amide bonds. The van der Waals surface area contributed by atoms with Gasteiger partial charge in [0.1, 0.15) is 5.75 Å². The third-order valence-corrected chi connectivity index (χ3v) is 5.69. The lowest BCUT2D eigenvalue weighted by atomic mass is 10.1. The van der Waals surface area contributed by atoms with Crippen molar-refractivity contribution in [3.63, 3.8) is 0 Å². The summed E-state index contributed by atoms with van der Waals surface area (Å²) in [6.45, 7) is 3.33. The number of anilines is 1. The first-order chi connectivity index (χ1) is 13.9. The first-order valence-electron chi connectivity index (χ1n) is 9.55. The molecule has 0 aromatic heterocycles. The van der Waals surface area contributed by atoms with Crippen LogP contribution in [0, 0.1) is 0 Å². The monoisotopic (exact) mass is 420 g/mol. The smallest absolute Gasteiger partial charge is 0.240 e. The Balaban J connectivity index is 1.81. The lowest BCUT2D eigenvalue weighted by molar-refractivity contribution is -0.116. The third kappa shape index (κ3) is 7.84. The molecule has 8 heteroatoms. The topological polar surface area (TPSA) is 93.7 Å². The third-order valence-electron chi connectivity index (χ3n) is 4.21. The number of benzene rings is 2. The number of hydrogen-bond acceptors (Lipinski definition) is 5. The van der Waals surface area contributed by atoms with E-state index in [1.807, 2.05) is 31.2 Å². The molecule has 0 aliphatic heterocycles. The van der Waals surface area contributed by atoms with Crippen molar-refractivity contribution in [2.24, 2.45) is 0 Å². The second-order valence-electron chi connectivity index (χ2n) is 6.37. The van der Waals surface area contributed by atoms with Crippen molar-refractivity contribution in [2.45, 2.75) is 31.1 Å². The van der Waals surface area contributed by atoms with E-state index in [0.29, 0.717) is 44.7 Å². The van der Waals surface area contributed by atoms with Gasteiger partial charge in [-0.1, -0.05) is 12.1 Å². The van der Waals surface area contributed by atoms with Crippen molar-refractivity contribution in [1.82, 2.24) is 4.72 Å². The molecule has 2 N–H and O–H groups in total. The summed E-state index contributed by atoms with van der Waals surface area (Å²) in [5.41, 5.74) is 1.60. The summed E-state index contributed by atoms with van der Waals surface area (Å²) >= 11 is 0. The van der Waals surface area contributed by atoms with Crippen LogP contribution >= 0.6 is 0 Å². The minimum Gasteiger partial charge on any atom is -0.497 e. The van der Waals surface area contributed by atoms with E-state index in [9.17, 15) is 13.2 Å². The van der Waals surface area contributed by atoms with E-state index in [4.69, 9.17) is 9.47 Å². The Kier molecular flexibility index (Phi) is 9.11. The fourth-order valence-electron chi connectivity index (χ4n) is 2.60. The molecule has 2 aromatic rings. The lowest BCUT2D eigenvalue weighted by Crippen LogP contribution is -2.25. The second-order valence-corrected chi connectivity index (χ2v) is 8.14. The zero-order chi connectivity index (χ0) is 21.1. The van der Waals surface area contributed by atoms with Gasteiger partial charge in [-0.2, -0.15) is 0 Å². The molecule has 29 heavy (non-hydrogen) atoms. The van der Waals surface area contributed by atoms with Gasteiger partial charge in [0.25, 0.3) is 0 Å². The Morgan fingerprint density at radius 2 is 1.72 bits per heavy atom. The highest BCUT2D eigenvalue weighted by molar-refractivity contribution is 7.89. The second kappa shape index (κ2) is 11.5. The molecule has 0 unspecified atom stereocenters. The van der Waals surface area contributed by atoms with Crippen LogP contribution in [0.4, 0.5) is 5.69 Å². The van der Waals surface area contributed by atoms with Gasteiger partial charge < -0.3 is 14.8 Å². The fourth-order valence-corrected chi connectivity index (χ4v) is 3.67. The number of amides is 1. The number of ether oxygens (including phenoxy) is 2. The highest BCUT2D eigenvalue weighted by Crippen LogP contribution is 2.16. The molecule has 0 aliphatic rings. The highest BCUT2D eigenvalue weighted by atomic mass is 32.2. The molecule has 0 bridgehead atoms. The fraction of sp³-hybridized carbons (Fsp3) is 0.381. The molecule has 2 rings (SSSR count). The number of sulfonamides is 1. The highest BCUT2D eigenvalue weighted by Gasteiger charge is 2.13. The normalized spacial score (nSPS) is 11.2. The number of carbonyl (C=O) groups is 1. The van der Waals surface area contributed by atoms with Gasteiger partial charge in [0.05, 0.1) is 12.0 Å². The van der Waals surface area contributed by atoms with Gasteiger partial charge in [-0.15, -0.1) is 0 Å². The number of nitrogens with one attached hydrogen (secondary N) is 2. The molecule has 0 fully saturated rings. The zero-order valence-electron chi connectivity index (χ0n) is 16.8. The first-order valence-corrected chi connectivity index (χ1v) is 11.0. The maximum absolute atomic E-state index is 12.3. The van der Waals surface area contributed by atoms with Crippen molar-refractivity contribution in [2.75, 3.05) is 32.2 Å². The van der Waals surface area contributed by atoms with Crippen LogP contribution in [0.3, 0.4) is 0 Å². The molecule has 0 atom stereocenters. The molecule has 0 saturated carbocycles. The molecule has 0 heterocycles. The van der Waals surface area contributed by atoms with Gasteiger partial charge in [-0.25, -0.2) is 13.1 Å². The van der Waals surface area contributed by atoms with E-state index in [0.717, 1.165) is 11.3 Å². The van der Waals surface area contributed by atoms with Crippen molar-refractivity contribution in [3.8, 4) is 5.75 Å². The van der Waals surface area contributed by atoms with Crippen LogP contribution in [0.5, 0.6) is 5.75 Å². The van der Waals surface area contributed by atoms with Crippen LogP contribution in [0.15, 0.2) is 53.4 Å². The molecule has 0 aliphatic carbocycles. The van der Waals surface area contributed by atoms with E-state index in [1.54, 1.807) is 19.2 Å². The molecule has 0 radical (unpaired) electrons. The minimum atomic E-state index is -3.57. The van der Waals surface area contributed by atoms with Crippen molar-refractivity contribution in [1.29, 1.82) is 0 Å².